The van der Waals surface area contributed by atoms with Gasteiger partial charge in [0.15, 0.2) is 0 Å². The highest BCUT2D eigenvalue weighted by Gasteiger charge is 2.60. The van der Waals surface area contributed by atoms with Gasteiger partial charge in [0.05, 0.1) is 0 Å². The van der Waals surface area contributed by atoms with Crippen LogP contribution in [0, 0.1) is 28.6 Å². The normalized spacial score (nSPS) is 38.0. The van der Waals surface area contributed by atoms with Crippen molar-refractivity contribution in [3.63, 3.8) is 0 Å². The fourth-order valence-corrected chi connectivity index (χ4v) is 6.48. The Morgan fingerprint density at radius 2 is 1.73 bits per heavy atom. The molecule has 0 aromatic heterocycles. The van der Waals surface area contributed by atoms with Crippen molar-refractivity contribution in [2.24, 2.45) is 28.6 Å². The second kappa shape index (κ2) is 7.57. The van der Waals surface area contributed by atoms with Crippen LogP contribution in [0.1, 0.15) is 66.2 Å². The van der Waals surface area contributed by atoms with Crippen LogP contribution in [0.2, 0.25) is 0 Å². The van der Waals surface area contributed by atoms with Gasteiger partial charge in [0, 0.05) is 17.3 Å². The zero-order valence-corrected chi connectivity index (χ0v) is 18.5. The lowest BCUT2D eigenvalue weighted by Gasteiger charge is -2.55. The van der Waals surface area contributed by atoms with Crippen molar-refractivity contribution in [1.82, 2.24) is 0 Å². The molecule has 1 heterocycles. The Hall–Kier alpha value is -1.51. The molecule has 5 atom stereocenters. The van der Waals surface area contributed by atoms with Gasteiger partial charge in [-0.15, -0.1) is 0 Å². The molecule has 1 saturated heterocycles. The summed E-state index contributed by atoms with van der Waals surface area (Å²) in [4.78, 5) is 11.7. The maximum Gasteiger partial charge on any atom is 0.534 e. The minimum Gasteiger partial charge on any atom is -0.431 e. The molecule has 0 spiro atoms. The summed E-state index contributed by atoms with van der Waals surface area (Å²) in [5.74, 6) is 0.829. The quantitative estimate of drug-likeness (QED) is 0.318. The van der Waals surface area contributed by atoms with Gasteiger partial charge < -0.3 is 8.92 Å². The van der Waals surface area contributed by atoms with E-state index in [0.717, 1.165) is 12.2 Å². The van der Waals surface area contributed by atoms with Gasteiger partial charge in [0.1, 0.15) is 11.5 Å². The number of halogens is 3. The summed E-state index contributed by atoms with van der Waals surface area (Å²) in [7, 11) is -5.67. The van der Waals surface area contributed by atoms with Crippen LogP contribution in [0.15, 0.2) is 23.7 Å². The molecular weight excluding hydrogens is 421 g/mol. The first-order chi connectivity index (χ1) is 13.9. The summed E-state index contributed by atoms with van der Waals surface area (Å²) in [6.07, 6.45) is 6.91. The topological polar surface area (TPSA) is 69.7 Å². The number of hydrogen-bond acceptors (Lipinski definition) is 5. The van der Waals surface area contributed by atoms with Crippen molar-refractivity contribution in [2.75, 3.05) is 0 Å². The third kappa shape index (κ3) is 3.46. The molecule has 0 bridgehead atoms. The van der Waals surface area contributed by atoms with E-state index in [0.29, 0.717) is 32.1 Å². The molecule has 2 fully saturated rings. The SMILES string of the molecule is CC.CC12CCC(=O)OC1=CCC1C2CCC2(C)C(OS(=O)(=O)C(F)(F)F)=CCC12. The van der Waals surface area contributed by atoms with Crippen LogP contribution in [-0.4, -0.2) is 19.9 Å². The lowest BCUT2D eigenvalue weighted by molar-refractivity contribution is -0.151. The van der Waals surface area contributed by atoms with Crippen molar-refractivity contribution in [3.8, 4) is 0 Å². The van der Waals surface area contributed by atoms with E-state index in [2.05, 4.69) is 11.1 Å². The molecule has 30 heavy (non-hydrogen) atoms. The number of rotatable bonds is 2. The summed E-state index contributed by atoms with van der Waals surface area (Å²) in [6, 6.07) is 0. The summed E-state index contributed by atoms with van der Waals surface area (Å²) >= 11 is 0. The molecule has 1 saturated carbocycles. The molecule has 1 aliphatic heterocycles. The lowest BCUT2D eigenvalue weighted by atomic mass is 9.50. The lowest BCUT2D eigenvalue weighted by Crippen LogP contribution is -2.50. The fraction of sp³-hybridized carbons (Fsp3) is 0.762. The number of carbonyl (C=O) groups excluding carboxylic acids is 1. The Morgan fingerprint density at radius 1 is 1.07 bits per heavy atom. The average molecular weight is 451 g/mol. The number of ether oxygens (including phenoxy) is 1. The molecular formula is C21H29F3O5S. The molecule has 9 heteroatoms. The van der Waals surface area contributed by atoms with E-state index in [4.69, 9.17) is 4.74 Å². The van der Waals surface area contributed by atoms with E-state index in [9.17, 15) is 26.4 Å². The predicted molar refractivity (Wildman–Crippen MR) is 104 cm³/mol. The Morgan fingerprint density at radius 3 is 2.37 bits per heavy atom. The van der Waals surface area contributed by atoms with Crippen LogP contribution in [0.3, 0.4) is 0 Å². The molecule has 170 valence electrons. The van der Waals surface area contributed by atoms with Crippen molar-refractivity contribution in [1.29, 1.82) is 0 Å². The maximum atomic E-state index is 12.8. The minimum absolute atomic E-state index is 0.00284. The first kappa shape index (κ1) is 23.2. The van der Waals surface area contributed by atoms with E-state index >= 15 is 0 Å². The second-order valence-corrected chi connectivity index (χ2v) is 10.4. The number of alkyl halides is 3. The van der Waals surface area contributed by atoms with E-state index < -0.39 is 21.0 Å². The Labute approximate surface area is 175 Å². The van der Waals surface area contributed by atoms with Crippen molar-refractivity contribution in [3.05, 3.63) is 23.7 Å². The third-order valence-corrected chi connectivity index (χ3v) is 8.42. The summed E-state index contributed by atoms with van der Waals surface area (Å²) < 4.78 is 71.5. The van der Waals surface area contributed by atoms with Crippen LogP contribution in [-0.2, 0) is 23.8 Å². The number of esters is 1. The standard InChI is InChI=1S/C19H23F3O5S.C2H6/c1-17-10-8-16(23)26-14(17)5-3-11-12-4-6-15(18(12,2)9-7-13(11)17)27-28(24,25)19(20,21)22;1-2/h5-6,11-13H,3-4,7-10H2,1-2H3;1-2H3. The molecule has 0 aromatic carbocycles. The highest BCUT2D eigenvalue weighted by atomic mass is 32.2. The molecule has 4 aliphatic rings. The summed E-state index contributed by atoms with van der Waals surface area (Å²) in [5.41, 5.74) is -6.45. The van der Waals surface area contributed by atoms with Gasteiger partial charge in [0.25, 0.3) is 0 Å². The molecule has 0 N–H and O–H groups in total. The molecule has 5 nitrogen and oxygen atoms in total. The molecule has 0 radical (unpaired) electrons. The Kier molecular flexibility index (Phi) is 5.84. The molecule has 3 aliphatic carbocycles. The third-order valence-electron chi connectivity index (χ3n) is 7.46. The van der Waals surface area contributed by atoms with Gasteiger partial charge in [-0.25, -0.2) is 0 Å². The van der Waals surface area contributed by atoms with Crippen molar-refractivity contribution >= 4 is 16.1 Å². The highest BCUT2D eigenvalue weighted by Crippen LogP contribution is 2.64. The first-order valence-electron chi connectivity index (χ1n) is 10.5. The van der Waals surface area contributed by atoms with E-state index in [1.807, 2.05) is 19.9 Å². The van der Waals surface area contributed by atoms with E-state index in [-0.39, 0.29) is 34.9 Å². The Balaban J connectivity index is 0.00000124. The van der Waals surface area contributed by atoms with Gasteiger partial charge in [0.2, 0.25) is 0 Å². The van der Waals surface area contributed by atoms with Gasteiger partial charge in [-0.1, -0.05) is 27.7 Å². The highest BCUT2D eigenvalue weighted by molar-refractivity contribution is 7.87. The van der Waals surface area contributed by atoms with Crippen molar-refractivity contribution in [2.45, 2.75) is 71.7 Å². The minimum atomic E-state index is -5.67. The van der Waals surface area contributed by atoms with Crippen LogP contribution in [0.5, 0.6) is 0 Å². The van der Waals surface area contributed by atoms with E-state index in [1.54, 1.807) is 6.92 Å². The van der Waals surface area contributed by atoms with Crippen molar-refractivity contribution < 1.29 is 35.3 Å². The summed E-state index contributed by atoms with van der Waals surface area (Å²) in [6.45, 7) is 7.90. The largest absolute Gasteiger partial charge is 0.534 e. The van der Waals surface area contributed by atoms with Gasteiger partial charge in [-0.3, -0.25) is 4.79 Å². The molecule has 0 aromatic rings. The molecule has 5 unspecified atom stereocenters. The number of allylic oxidation sites excluding steroid dienone is 4. The van der Waals surface area contributed by atoms with Gasteiger partial charge in [-0.2, -0.15) is 21.6 Å². The zero-order valence-electron chi connectivity index (χ0n) is 17.7. The first-order valence-corrected chi connectivity index (χ1v) is 11.9. The second-order valence-electron chi connectivity index (χ2n) is 8.82. The van der Waals surface area contributed by atoms with Crippen LogP contribution in [0.4, 0.5) is 13.2 Å². The van der Waals surface area contributed by atoms with Gasteiger partial charge in [-0.05, 0) is 62.0 Å². The number of hydrogen-bond donors (Lipinski definition) is 0. The number of carbonyl (C=O) groups is 1. The molecule has 4 rings (SSSR count). The van der Waals surface area contributed by atoms with Crippen LogP contribution < -0.4 is 0 Å². The van der Waals surface area contributed by atoms with Gasteiger partial charge >= 0.3 is 21.6 Å². The predicted octanol–water partition coefficient (Wildman–Crippen LogP) is 5.45. The monoisotopic (exact) mass is 450 g/mol. The Bertz CT molecular complexity index is 876. The number of fused-ring (bicyclic) bond motifs is 5. The van der Waals surface area contributed by atoms with Crippen LogP contribution >= 0.6 is 0 Å². The average Bonchev–Trinajstić information content (AvgIpc) is 2.99. The molecule has 0 amide bonds. The summed E-state index contributed by atoms with van der Waals surface area (Å²) in [5, 5.41) is 0. The fourth-order valence-electron chi connectivity index (χ4n) is 5.89. The maximum absolute atomic E-state index is 12.8. The smallest absolute Gasteiger partial charge is 0.431 e. The van der Waals surface area contributed by atoms with E-state index in [1.165, 1.54) is 6.08 Å². The zero-order chi connectivity index (χ0) is 22.5. The van der Waals surface area contributed by atoms with Crippen LogP contribution in [0.25, 0.3) is 0 Å².